The molecule has 5 heteroatoms. The lowest BCUT2D eigenvalue weighted by Gasteiger charge is -2.32. The molecule has 3 aliphatic rings. The molecule has 3 heterocycles. The summed E-state index contributed by atoms with van der Waals surface area (Å²) in [6.45, 7) is 3.95. The molecule has 0 N–H and O–H groups in total. The van der Waals surface area contributed by atoms with E-state index in [-0.39, 0.29) is 5.83 Å². The van der Waals surface area contributed by atoms with E-state index >= 15 is 0 Å². The van der Waals surface area contributed by atoms with Crippen LogP contribution in [0, 0.1) is 0 Å². The lowest BCUT2D eigenvalue weighted by atomic mass is 9.86. The summed E-state index contributed by atoms with van der Waals surface area (Å²) in [5, 5.41) is 0.993. The highest BCUT2D eigenvalue weighted by Gasteiger charge is 2.48. The third-order valence-corrected chi connectivity index (χ3v) is 5.34. The summed E-state index contributed by atoms with van der Waals surface area (Å²) in [5.41, 5.74) is 3.16. The van der Waals surface area contributed by atoms with Crippen molar-refractivity contribution in [2.75, 3.05) is 0 Å². The first-order valence-corrected chi connectivity index (χ1v) is 8.72. The molecule has 5 rings (SSSR count). The van der Waals surface area contributed by atoms with Crippen molar-refractivity contribution in [3.63, 3.8) is 0 Å². The monoisotopic (exact) mass is 334 g/mol. The van der Waals surface area contributed by atoms with Crippen molar-refractivity contribution >= 4 is 16.7 Å². The second-order valence-corrected chi connectivity index (χ2v) is 7.41. The lowest BCUT2D eigenvalue weighted by Crippen LogP contribution is -2.35. The number of hydrogen-bond donors (Lipinski definition) is 0. The molecule has 1 unspecified atom stereocenters. The van der Waals surface area contributed by atoms with E-state index in [4.69, 9.17) is 4.99 Å². The molecule has 25 heavy (non-hydrogen) atoms. The smallest absolute Gasteiger partial charge is 0.140 e. The molecule has 0 radical (unpaired) electrons. The van der Waals surface area contributed by atoms with Gasteiger partial charge < -0.3 is 4.90 Å². The average Bonchev–Trinajstić information content (AvgIpc) is 3.39. The van der Waals surface area contributed by atoms with Crippen molar-refractivity contribution in [3.8, 4) is 0 Å². The maximum absolute atomic E-state index is 14.3. The molecular formula is C20H19FN4. The van der Waals surface area contributed by atoms with Gasteiger partial charge in [0.05, 0.1) is 16.8 Å². The van der Waals surface area contributed by atoms with Crippen LogP contribution in [0.25, 0.3) is 10.9 Å². The topological polar surface area (TPSA) is 41.4 Å². The van der Waals surface area contributed by atoms with Gasteiger partial charge in [-0.25, -0.2) is 4.39 Å². The summed E-state index contributed by atoms with van der Waals surface area (Å²) in [4.78, 5) is 16.3. The zero-order chi connectivity index (χ0) is 17.2. The first-order valence-electron chi connectivity index (χ1n) is 8.72. The minimum absolute atomic E-state index is 0.122. The number of aliphatic imine (C=N–C) groups is 1. The van der Waals surface area contributed by atoms with Crippen molar-refractivity contribution in [2.24, 2.45) is 4.99 Å². The Hall–Kier alpha value is -2.56. The van der Waals surface area contributed by atoms with Crippen LogP contribution >= 0.6 is 0 Å². The maximum Gasteiger partial charge on any atom is 0.140 e. The van der Waals surface area contributed by atoms with Gasteiger partial charge in [0.1, 0.15) is 17.2 Å². The summed E-state index contributed by atoms with van der Waals surface area (Å²) in [6.07, 6.45) is 9.97. The highest BCUT2D eigenvalue weighted by Crippen LogP contribution is 2.47. The lowest BCUT2D eigenvalue weighted by molar-refractivity contribution is 0.418. The van der Waals surface area contributed by atoms with E-state index in [9.17, 15) is 4.39 Å². The van der Waals surface area contributed by atoms with Crippen molar-refractivity contribution < 1.29 is 4.39 Å². The molecule has 4 nitrogen and oxygen atoms in total. The number of aromatic nitrogens is 2. The minimum Gasteiger partial charge on any atom is -0.324 e. The van der Waals surface area contributed by atoms with Gasteiger partial charge in [-0.2, -0.15) is 0 Å². The van der Waals surface area contributed by atoms with Crippen molar-refractivity contribution in [1.82, 2.24) is 14.9 Å². The summed E-state index contributed by atoms with van der Waals surface area (Å²) in [5.74, 6) is 0.763. The summed E-state index contributed by atoms with van der Waals surface area (Å²) in [6, 6.07) is 4.32. The number of pyridine rings is 2. The molecule has 2 aromatic heterocycles. The van der Waals surface area contributed by atoms with E-state index in [1.807, 2.05) is 31.5 Å². The second kappa shape index (κ2) is 4.97. The predicted molar refractivity (Wildman–Crippen MR) is 95.8 cm³/mol. The number of amidine groups is 1. The molecule has 1 saturated carbocycles. The number of hydrogen-bond acceptors (Lipinski definition) is 4. The highest BCUT2D eigenvalue weighted by molar-refractivity contribution is 6.10. The number of rotatable bonds is 2. The fourth-order valence-electron chi connectivity index (χ4n) is 3.97. The minimum atomic E-state index is -0.408. The molecule has 1 aliphatic heterocycles. The van der Waals surface area contributed by atoms with Crippen LogP contribution in [0.3, 0.4) is 0 Å². The third kappa shape index (κ3) is 2.15. The fraction of sp³-hybridized carbons (Fsp3) is 0.350. The van der Waals surface area contributed by atoms with E-state index in [1.165, 1.54) is 0 Å². The molecule has 0 amide bonds. The molecule has 0 saturated heterocycles. The SMILES string of the molecule is CC1=C(F)C=C2N(C3CC3)C(c3cncc4cccnc34)=NC2(C)C1. The average molecular weight is 334 g/mol. The van der Waals surface area contributed by atoms with Gasteiger partial charge in [0.15, 0.2) is 0 Å². The second-order valence-electron chi connectivity index (χ2n) is 7.41. The van der Waals surface area contributed by atoms with E-state index < -0.39 is 5.54 Å². The normalized spacial score (nSPS) is 26.0. The highest BCUT2D eigenvalue weighted by atomic mass is 19.1. The Balaban J connectivity index is 1.72. The Labute approximate surface area is 145 Å². The van der Waals surface area contributed by atoms with Crippen LogP contribution in [-0.2, 0) is 0 Å². The van der Waals surface area contributed by atoms with E-state index in [0.29, 0.717) is 12.5 Å². The van der Waals surface area contributed by atoms with Crippen molar-refractivity contribution in [3.05, 3.63) is 59.5 Å². The predicted octanol–water partition coefficient (Wildman–Crippen LogP) is 4.14. The van der Waals surface area contributed by atoms with Gasteiger partial charge in [-0.05, 0) is 50.5 Å². The van der Waals surface area contributed by atoms with E-state index in [0.717, 1.165) is 46.4 Å². The van der Waals surface area contributed by atoms with Crippen LogP contribution in [0.15, 0.2) is 58.9 Å². The first-order chi connectivity index (χ1) is 12.1. The molecule has 0 aromatic carbocycles. The van der Waals surface area contributed by atoms with Crippen LogP contribution in [0.2, 0.25) is 0 Å². The Kier molecular flexibility index (Phi) is 2.94. The van der Waals surface area contributed by atoms with Crippen LogP contribution in [0.5, 0.6) is 0 Å². The van der Waals surface area contributed by atoms with Gasteiger partial charge >= 0.3 is 0 Å². The Bertz CT molecular complexity index is 981. The van der Waals surface area contributed by atoms with Crippen LogP contribution in [0.4, 0.5) is 4.39 Å². The summed E-state index contributed by atoms with van der Waals surface area (Å²) in [7, 11) is 0. The number of fused-ring (bicyclic) bond motifs is 2. The molecule has 0 bridgehead atoms. The van der Waals surface area contributed by atoms with Gasteiger partial charge in [0, 0.05) is 36.4 Å². The molecule has 0 spiro atoms. The van der Waals surface area contributed by atoms with Gasteiger partial charge in [0.25, 0.3) is 0 Å². The van der Waals surface area contributed by atoms with Gasteiger partial charge in [-0.3, -0.25) is 15.0 Å². The van der Waals surface area contributed by atoms with Gasteiger partial charge in [-0.15, -0.1) is 0 Å². The molecule has 1 atom stereocenters. The van der Waals surface area contributed by atoms with Crippen LogP contribution in [0.1, 0.15) is 38.7 Å². The Morgan fingerprint density at radius 3 is 2.92 bits per heavy atom. The van der Waals surface area contributed by atoms with Crippen molar-refractivity contribution in [1.29, 1.82) is 0 Å². The molecule has 1 fully saturated rings. The maximum atomic E-state index is 14.3. The summed E-state index contributed by atoms with van der Waals surface area (Å²) < 4.78 is 14.3. The Morgan fingerprint density at radius 1 is 1.28 bits per heavy atom. The zero-order valence-corrected chi connectivity index (χ0v) is 14.3. The third-order valence-electron chi connectivity index (χ3n) is 5.34. The van der Waals surface area contributed by atoms with Gasteiger partial charge in [-0.1, -0.05) is 0 Å². The number of allylic oxidation sites excluding steroid dienone is 2. The van der Waals surface area contributed by atoms with E-state index in [2.05, 4.69) is 21.8 Å². The molecule has 126 valence electrons. The first kappa shape index (κ1) is 14.8. The molecule has 2 aliphatic carbocycles. The van der Waals surface area contributed by atoms with Crippen molar-refractivity contribution in [2.45, 2.75) is 44.7 Å². The molecular weight excluding hydrogens is 315 g/mol. The number of halogens is 1. The summed E-state index contributed by atoms with van der Waals surface area (Å²) >= 11 is 0. The van der Waals surface area contributed by atoms with Crippen LogP contribution < -0.4 is 0 Å². The standard InChI is InChI=1S/C20H19FN4/c1-12-9-20(2)17(8-16(12)21)25(14-5-6-14)19(24-20)15-11-22-10-13-4-3-7-23-18(13)15/h3-4,7-8,10-11,14H,5-6,9H2,1-2H3. The van der Waals surface area contributed by atoms with Gasteiger partial charge in [0.2, 0.25) is 0 Å². The van der Waals surface area contributed by atoms with Crippen LogP contribution in [-0.4, -0.2) is 32.3 Å². The van der Waals surface area contributed by atoms with E-state index in [1.54, 1.807) is 12.3 Å². The zero-order valence-electron chi connectivity index (χ0n) is 14.3. The molecule has 2 aromatic rings. The Morgan fingerprint density at radius 2 is 2.12 bits per heavy atom. The number of nitrogens with zero attached hydrogens (tertiary/aromatic N) is 4. The quantitative estimate of drug-likeness (QED) is 0.829. The largest absolute Gasteiger partial charge is 0.324 e. The fourth-order valence-corrected chi connectivity index (χ4v) is 3.97.